The van der Waals surface area contributed by atoms with Crippen molar-refractivity contribution in [2.75, 3.05) is 5.73 Å². The number of nitrogens with one attached hydrogen (secondary N) is 1. The molecular weight excluding hydrogens is 366 g/mol. The number of nitrogen functional groups attached to an aromatic ring is 1. The average Bonchev–Trinajstić information content (AvgIpc) is 2.43. The van der Waals surface area contributed by atoms with Crippen LogP contribution < -0.4 is 10.5 Å². The van der Waals surface area contributed by atoms with E-state index in [1.54, 1.807) is 0 Å². The molecule has 21 heavy (non-hydrogen) atoms. The molecular formula is C13H11BrF2N2O2S. The molecule has 2 aromatic rings. The number of nitrogens with two attached hydrogens (primary N) is 1. The highest BCUT2D eigenvalue weighted by Gasteiger charge is 2.16. The van der Waals surface area contributed by atoms with Gasteiger partial charge in [0.1, 0.15) is 11.6 Å². The predicted octanol–water partition coefficient (Wildman–Crippen LogP) is 2.79. The zero-order valence-corrected chi connectivity index (χ0v) is 13.0. The van der Waals surface area contributed by atoms with Crippen LogP contribution in [-0.2, 0) is 16.6 Å². The second-order valence-corrected chi connectivity index (χ2v) is 6.93. The van der Waals surface area contributed by atoms with Gasteiger partial charge in [-0.25, -0.2) is 21.9 Å². The van der Waals surface area contributed by atoms with E-state index in [0.717, 1.165) is 18.2 Å². The minimum Gasteiger partial charge on any atom is -0.396 e. The molecule has 0 aromatic heterocycles. The summed E-state index contributed by atoms with van der Waals surface area (Å²) in [6.45, 7) is -0.231. The molecule has 0 amide bonds. The largest absolute Gasteiger partial charge is 0.396 e. The van der Waals surface area contributed by atoms with Crippen LogP contribution in [0.2, 0.25) is 0 Å². The molecule has 4 nitrogen and oxygen atoms in total. The van der Waals surface area contributed by atoms with E-state index in [0.29, 0.717) is 4.47 Å². The predicted molar refractivity (Wildman–Crippen MR) is 78.9 cm³/mol. The van der Waals surface area contributed by atoms with Gasteiger partial charge >= 0.3 is 0 Å². The highest BCUT2D eigenvalue weighted by molar-refractivity contribution is 9.10. The lowest BCUT2D eigenvalue weighted by molar-refractivity contribution is 0.573. The van der Waals surface area contributed by atoms with E-state index in [1.807, 2.05) is 0 Å². The third-order valence-corrected chi connectivity index (χ3v) is 4.63. The molecule has 0 heterocycles. The third kappa shape index (κ3) is 3.78. The molecule has 0 aliphatic heterocycles. The number of hydrogen-bond donors (Lipinski definition) is 2. The van der Waals surface area contributed by atoms with Gasteiger partial charge in [-0.15, -0.1) is 0 Å². The van der Waals surface area contributed by atoms with Crippen LogP contribution in [0.15, 0.2) is 45.8 Å². The molecule has 0 fully saturated rings. The van der Waals surface area contributed by atoms with E-state index < -0.39 is 21.7 Å². The van der Waals surface area contributed by atoms with Gasteiger partial charge in [0.05, 0.1) is 10.6 Å². The van der Waals surface area contributed by atoms with Crippen molar-refractivity contribution >= 4 is 31.6 Å². The van der Waals surface area contributed by atoms with Crippen molar-refractivity contribution in [1.29, 1.82) is 0 Å². The van der Waals surface area contributed by atoms with Crippen molar-refractivity contribution in [1.82, 2.24) is 4.72 Å². The van der Waals surface area contributed by atoms with Crippen LogP contribution in [0.25, 0.3) is 0 Å². The molecule has 0 aliphatic rings. The summed E-state index contributed by atoms with van der Waals surface area (Å²) in [5.41, 5.74) is 5.25. The van der Waals surface area contributed by atoms with Gasteiger partial charge in [-0.05, 0) is 36.4 Å². The monoisotopic (exact) mass is 376 g/mol. The lowest BCUT2D eigenvalue weighted by atomic mass is 10.2. The molecule has 112 valence electrons. The lowest BCUT2D eigenvalue weighted by Crippen LogP contribution is -2.24. The Morgan fingerprint density at radius 2 is 1.76 bits per heavy atom. The van der Waals surface area contributed by atoms with Gasteiger partial charge in [-0.1, -0.05) is 15.9 Å². The molecule has 0 radical (unpaired) electrons. The van der Waals surface area contributed by atoms with Crippen LogP contribution in [0.3, 0.4) is 0 Å². The van der Waals surface area contributed by atoms with Crippen molar-refractivity contribution < 1.29 is 17.2 Å². The van der Waals surface area contributed by atoms with Gasteiger partial charge in [0.25, 0.3) is 0 Å². The summed E-state index contributed by atoms with van der Waals surface area (Å²) in [5, 5.41) is 0. The number of sulfonamides is 1. The number of halogens is 3. The van der Waals surface area contributed by atoms with Crippen LogP contribution in [0.1, 0.15) is 5.56 Å². The van der Waals surface area contributed by atoms with E-state index in [-0.39, 0.29) is 22.7 Å². The Morgan fingerprint density at radius 3 is 2.43 bits per heavy atom. The number of benzene rings is 2. The van der Waals surface area contributed by atoms with Gasteiger partial charge in [0.2, 0.25) is 10.0 Å². The summed E-state index contributed by atoms with van der Waals surface area (Å²) < 4.78 is 53.5. The van der Waals surface area contributed by atoms with Crippen molar-refractivity contribution in [3.63, 3.8) is 0 Å². The fourth-order valence-corrected chi connectivity index (χ4v) is 3.07. The van der Waals surface area contributed by atoms with Gasteiger partial charge in [0.15, 0.2) is 0 Å². The zero-order chi connectivity index (χ0) is 15.6. The van der Waals surface area contributed by atoms with E-state index >= 15 is 0 Å². The first-order valence-corrected chi connectivity index (χ1v) is 8.06. The molecule has 0 atom stereocenters. The fraction of sp³-hybridized carbons (Fsp3) is 0.0769. The normalized spacial score (nSPS) is 11.6. The molecule has 0 saturated carbocycles. The van der Waals surface area contributed by atoms with Crippen LogP contribution in [-0.4, -0.2) is 8.42 Å². The second-order valence-electron chi connectivity index (χ2n) is 4.24. The number of hydrogen-bond acceptors (Lipinski definition) is 3. The van der Waals surface area contributed by atoms with Gasteiger partial charge < -0.3 is 5.73 Å². The maximum Gasteiger partial charge on any atom is 0.240 e. The smallest absolute Gasteiger partial charge is 0.240 e. The molecule has 3 N–H and O–H groups in total. The van der Waals surface area contributed by atoms with Crippen molar-refractivity contribution in [2.45, 2.75) is 11.4 Å². The maximum absolute atomic E-state index is 13.5. The first-order valence-electron chi connectivity index (χ1n) is 5.78. The van der Waals surface area contributed by atoms with Gasteiger partial charge in [0, 0.05) is 16.6 Å². The standard InChI is InChI=1S/C13H11BrF2N2O2S/c14-9-1-3-11(15)8(5-9)7-18-21(19,20)10-2-4-12(16)13(17)6-10/h1-6,18H,7,17H2. The summed E-state index contributed by atoms with van der Waals surface area (Å²) in [6.07, 6.45) is 0. The second kappa shape index (κ2) is 6.08. The lowest BCUT2D eigenvalue weighted by Gasteiger charge is -2.09. The van der Waals surface area contributed by atoms with Gasteiger partial charge in [-0.3, -0.25) is 0 Å². The van der Waals surface area contributed by atoms with Gasteiger partial charge in [-0.2, -0.15) is 0 Å². The Hall–Kier alpha value is -1.51. The average molecular weight is 377 g/mol. The van der Waals surface area contributed by atoms with E-state index in [2.05, 4.69) is 20.7 Å². The Labute approximate surface area is 129 Å². The van der Waals surface area contributed by atoms with Crippen molar-refractivity contribution in [3.05, 3.63) is 58.1 Å². The molecule has 8 heteroatoms. The van der Waals surface area contributed by atoms with E-state index in [1.165, 1.54) is 18.2 Å². The summed E-state index contributed by atoms with van der Waals surface area (Å²) in [5.74, 6) is -1.23. The molecule has 2 aromatic carbocycles. The molecule has 0 aliphatic carbocycles. The number of anilines is 1. The summed E-state index contributed by atoms with van der Waals surface area (Å²) in [7, 11) is -3.91. The molecule has 0 unspecified atom stereocenters. The van der Waals surface area contributed by atoms with Crippen LogP contribution in [0, 0.1) is 11.6 Å². The Bertz CT molecular complexity index is 782. The SMILES string of the molecule is Nc1cc(S(=O)(=O)NCc2cc(Br)ccc2F)ccc1F. The van der Waals surface area contributed by atoms with Crippen molar-refractivity contribution in [3.8, 4) is 0 Å². The highest BCUT2D eigenvalue weighted by Crippen LogP contribution is 2.18. The fourth-order valence-electron chi connectivity index (χ4n) is 1.62. The third-order valence-electron chi connectivity index (χ3n) is 2.74. The van der Waals surface area contributed by atoms with Crippen LogP contribution in [0.4, 0.5) is 14.5 Å². The zero-order valence-electron chi connectivity index (χ0n) is 10.6. The highest BCUT2D eigenvalue weighted by atomic mass is 79.9. The van der Waals surface area contributed by atoms with Crippen LogP contribution >= 0.6 is 15.9 Å². The molecule has 0 bridgehead atoms. The Morgan fingerprint density at radius 1 is 1.10 bits per heavy atom. The van der Waals surface area contributed by atoms with E-state index in [4.69, 9.17) is 5.73 Å². The number of rotatable bonds is 4. The minimum absolute atomic E-state index is 0.183. The van der Waals surface area contributed by atoms with Crippen LogP contribution in [0.5, 0.6) is 0 Å². The molecule has 2 rings (SSSR count). The first kappa shape index (κ1) is 15.9. The van der Waals surface area contributed by atoms with Crippen molar-refractivity contribution in [2.24, 2.45) is 0 Å². The summed E-state index contributed by atoms with van der Waals surface area (Å²) in [4.78, 5) is -0.184. The molecule has 0 spiro atoms. The Balaban J connectivity index is 2.21. The topological polar surface area (TPSA) is 72.2 Å². The molecule has 0 saturated heterocycles. The van der Waals surface area contributed by atoms with E-state index in [9.17, 15) is 17.2 Å². The summed E-state index contributed by atoms with van der Waals surface area (Å²) >= 11 is 3.18. The maximum atomic E-state index is 13.5. The quantitative estimate of drug-likeness (QED) is 0.805. The summed E-state index contributed by atoms with van der Waals surface area (Å²) in [6, 6.07) is 7.26. The first-order chi connectivity index (χ1) is 9.79. The Kier molecular flexibility index (Phi) is 4.60. The minimum atomic E-state index is -3.91.